The lowest BCUT2D eigenvalue weighted by atomic mass is 10.1. The third kappa shape index (κ3) is 5.44. The average Bonchev–Trinajstić information content (AvgIpc) is 2.75. The first-order valence-corrected chi connectivity index (χ1v) is 11.5. The second kappa shape index (κ2) is 9.68. The van der Waals surface area contributed by atoms with Crippen LogP contribution in [0.4, 0.5) is 0 Å². The molecule has 0 aliphatic carbocycles. The molecule has 0 radical (unpaired) electrons. The van der Waals surface area contributed by atoms with E-state index in [1.54, 1.807) is 43.3 Å². The van der Waals surface area contributed by atoms with Crippen LogP contribution >= 0.6 is 11.6 Å². The summed E-state index contributed by atoms with van der Waals surface area (Å²) >= 11 is 5.85. The fourth-order valence-electron chi connectivity index (χ4n) is 3.23. The third-order valence-electron chi connectivity index (χ3n) is 4.99. The van der Waals surface area contributed by atoms with Gasteiger partial charge in [-0.2, -0.15) is 4.31 Å². The Bertz CT molecular complexity index is 956. The number of halogens is 1. The van der Waals surface area contributed by atoms with Crippen LogP contribution < -0.4 is 14.8 Å². The van der Waals surface area contributed by atoms with Crippen LogP contribution in [0.2, 0.25) is 5.02 Å². The monoisotopic (exact) mass is 452 g/mol. The average molecular weight is 453 g/mol. The van der Waals surface area contributed by atoms with Crippen molar-refractivity contribution < 1.29 is 22.7 Å². The molecule has 0 bridgehead atoms. The summed E-state index contributed by atoms with van der Waals surface area (Å²) in [5.41, 5.74) is 0. The highest BCUT2D eigenvalue weighted by molar-refractivity contribution is 7.89. The second-order valence-electron chi connectivity index (χ2n) is 7.08. The van der Waals surface area contributed by atoms with E-state index in [0.29, 0.717) is 42.5 Å². The molecule has 0 spiro atoms. The number of sulfonamides is 1. The fraction of sp³-hybridized carbons (Fsp3) is 0.381. The Morgan fingerprint density at radius 1 is 1.07 bits per heavy atom. The molecule has 2 aromatic rings. The van der Waals surface area contributed by atoms with E-state index in [9.17, 15) is 13.2 Å². The molecule has 0 unspecified atom stereocenters. The molecule has 162 valence electrons. The highest BCUT2D eigenvalue weighted by Gasteiger charge is 2.30. The van der Waals surface area contributed by atoms with Crippen LogP contribution in [0.1, 0.15) is 19.8 Å². The maximum atomic E-state index is 12.8. The van der Waals surface area contributed by atoms with E-state index in [0.717, 1.165) is 0 Å². The number of nitrogens with zero attached hydrogens (tertiary/aromatic N) is 1. The van der Waals surface area contributed by atoms with E-state index in [1.165, 1.54) is 23.5 Å². The normalized spacial score (nSPS) is 16.6. The smallest absolute Gasteiger partial charge is 0.260 e. The molecule has 1 saturated heterocycles. The molecule has 30 heavy (non-hydrogen) atoms. The fourth-order valence-corrected chi connectivity index (χ4v) is 4.82. The Hall–Kier alpha value is -2.29. The van der Waals surface area contributed by atoms with E-state index >= 15 is 0 Å². The van der Waals surface area contributed by atoms with E-state index in [1.807, 2.05) is 0 Å². The summed E-state index contributed by atoms with van der Waals surface area (Å²) in [5, 5.41) is 3.54. The molecule has 1 fully saturated rings. The van der Waals surface area contributed by atoms with Gasteiger partial charge in [-0.15, -0.1) is 0 Å². The minimum atomic E-state index is -3.57. The van der Waals surface area contributed by atoms with Crippen LogP contribution in [0.5, 0.6) is 11.5 Å². The Kier molecular flexibility index (Phi) is 7.23. The van der Waals surface area contributed by atoms with Crippen molar-refractivity contribution in [2.24, 2.45) is 0 Å². The number of carbonyl (C=O) groups is 1. The first-order chi connectivity index (χ1) is 14.3. The van der Waals surface area contributed by atoms with E-state index < -0.39 is 16.1 Å². The highest BCUT2D eigenvalue weighted by atomic mass is 35.5. The van der Waals surface area contributed by atoms with Crippen molar-refractivity contribution in [1.82, 2.24) is 9.62 Å². The predicted molar refractivity (Wildman–Crippen MR) is 114 cm³/mol. The largest absolute Gasteiger partial charge is 0.497 e. The van der Waals surface area contributed by atoms with Crippen LogP contribution in [0.15, 0.2) is 53.4 Å². The van der Waals surface area contributed by atoms with Crippen molar-refractivity contribution in [2.45, 2.75) is 36.8 Å². The zero-order valence-corrected chi connectivity index (χ0v) is 18.4. The number of carbonyl (C=O) groups excluding carboxylic acids is 1. The van der Waals surface area contributed by atoms with Crippen LogP contribution in [0.3, 0.4) is 0 Å². The van der Waals surface area contributed by atoms with Gasteiger partial charge in [-0.25, -0.2) is 8.42 Å². The molecule has 9 heteroatoms. The Morgan fingerprint density at radius 3 is 2.20 bits per heavy atom. The second-order valence-corrected chi connectivity index (χ2v) is 9.45. The molecule has 1 amide bonds. The van der Waals surface area contributed by atoms with Crippen molar-refractivity contribution in [3.05, 3.63) is 53.6 Å². The molecule has 0 aromatic heterocycles. The summed E-state index contributed by atoms with van der Waals surface area (Å²) in [6, 6.07) is 13.0. The van der Waals surface area contributed by atoms with Gasteiger partial charge in [0.05, 0.1) is 12.0 Å². The number of ether oxygens (including phenoxy) is 2. The number of piperidine rings is 1. The molecule has 0 saturated carbocycles. The van der Waals surface area contributed by atoms with E-state index in [4.69, 9.17) is 21.1 Å². The predicted octanol–water partition coefficient (Wildman–Crippen LogP) is 3.09. The van der Waals surface area contributed by atoms with Gasteiger partial charge in [0.15, 0.2) is 6.10 Å². The maximum absolute atomic E-state index is 12.8. The Labute approximate surface area is 182 Å². The summed E-state index contributed by atoms with van der Waals surface area (Å²) in [6.45, 7) is 2.35. The molecule has 7 nitrogen and oxygen atoms in total. The topological polar surface area (TPSA) is 84.9 Å². The standard InChI is InChI=1S/C21H25ClN2O5S/c1-15(29-19-5-3-16(22)4-6-19)21(25)23-17-11-13-24(14-12-17)30(26,27)20-9-7-18(28-2)8-10-20/h3-10,15,17H,11-14H2,1-2H3,(H,23,25)/t15-/m0/s1. The number of rotatable bonds is 7. The Morgan fingerprint density at radius 2 is 1.63 bits per heavy atom. The molecule has 1 atom stereocenters. The molecular formula is C21H25ClN2O5S. The zero-order valence-electron chi connectivity index (χ0n) is 16.9. The van der Waals surface area contributed by atoms with Crippen LogP contribution in [-0.2, 0) is 14.8 Å². The van der Waals surface area contributed by atoms with Crippen molar-refractivity contribution in [3.63, 3.8) is 0 Å². The summed E-state index contributed by atoms with van der Waals surface area (Å²) in [4.78, 5) is 12.7. The van der Waals surface area contributed by atoms with Crippen LogP contribution in [0, 0.1) is 0 Å². The summed E-state index contributed by atoms with van der Waals surface area (Å²) < 4.78 is 37.8. The number of nitrogens with one attached hydrogen (secondary N) is 1. The van der Waals surface area contributed by atoms with Crippen molar-refractivity contribution >= 4 is 27.5 Å². The lowest BCUT2D eigenvalue weighted by Gasteiger charge is -2.32. The van der Waals surface area contributed by atoms with Gasteiger partial charge in [0.25, 0.3) is 5.91 Å². The summed E-state index contributed by atoms with van der Waals surface area (Å²) in [7, 11) is -2.04. The first kappa shape index (κ1) is 22.4. The van der Waals surface area contributed by atoms with E-state index in [-0.39, 0.29) is 16.8 Å². The van der Waals surface area contributed by atoms with Gasteiger partial charge in [-0.1, -0.05) is 11.6 Å². The van der Waals surface area contributed by atoms with Gasteiger partial charge in [0.2, 0.25) is 10.0 Å². The van der Waals surface area contributed by atoms with Gasteiger partial charge in [-0.05, 0) is 68.3 Å². The minimum Gasteiger partial charge on any atom is -0.497 e. The third-order valence-corrected chi connectivity index (χ3v) is 7.16. The van der Waals surface area contributed by atoms with E-state index in [2.05, 4.69) is 5.32 Å². The molecule has 1 N–H and O–H groups in total. The molecule has 1 heterocycles. The quantitative estimate of drug-likeness (QED) is 0.697. The first-order valence-electron chi connectivity index (χ1n) is 9.66. The van der Waals surface area contributed by atoms with Crippen LogP contribution in [-0.4, -0.2) is 51.0 Å². The molecule has 3 rings (SSSR count). The number of methoxy groups -OCH3 is 1. The van der Waals surface area contributed by atoms with Gasteiger partial charge in [0.1, 0.15) is 11.5 Å². The summed E-state index contributed by atoms with van der Waals surface area (Å²) in [6.07, 6.45) is 0.399. The van der Waals surface area contributed by atoms with Gasteiger partial charge in [0, 0.05) is 24.2 Å². The Balaban J connectivity index is 1.51. The lowest BCUT2D eigenvalue weighted by Crippen LogP contribution is -2.49. The SMILES string of the molecule is COc1ccc(S(=O)(=O)N2CCC(NC(=O)[C@H](C)Oc3ccc(Cl)cc3)CC2)cc1. The maximum Gasteiger partial charge on any atom is 0.260 e. The number of hydrogen-bond donors (Lipinski definition) is 1. The minimum absolute atomic E-state index is 0.101. The molecular weight excluding hydrogens is 428 g/mol. The lowest BCUT2D eigenvalue weighted by molar-refractivity contribution is -0.128. The van der Waals surface area contributed by atoms with Crippen molar-refractivity contribution in [1.29, 1.82) is 0 Å². The van der Waals surface area contributed by atoms with Gasteiger partial charge >= 0.3 is 0 Å². The zero-order chi connectivity index (χ0) is 21.7. The van der Waals surface area contributed by atoms with Crippen molar-refractivity contribution in [2.75, 3.05) is 20.2 Å². The summed E-state index contributed by atoms with van der Waals surface area (Å²) in [5.74, 6) is 0.925. The van der Waals surface area contributed by atoms with Crippen molar-refractivity contribution in [3.8, 4) is 11.5 Å². The number of hydrogen-bond acceptors (Lipinski definition) is 5. The number of amides is 1. The molecule has 1 aliphatic heterocycles. The molecule has 2 aromatic carbocycles. The van der Waals surface area contributed by atoms with Gasteiger partial charge in [-0.3, -0.25) is 4.79 Å². The number of benzene rings is 2. The van der Waals surface area contributed by atoms with Gasteiger partial charge < -0.3 is 14.8 Å². The van der Waals surface area contributed by atoms with Crippen LogP contribution in [0.25, 0.3) is 0 Å². The molecule has 1 aliphatic rings. The highest BCUT2D eigenvalue weighted by Crippen LogP contribution is 2.23.